The van der Waals surface area contributed by atoms with Crippen LogP contribution in [-0.4, -0.2) is 8.42 Å². The zero-order valence-corrected chi connectivity index (χ0v) is 10.4. The van der Waals surface area contributed by atoms with Crippen LogP contribution in [-0.2, 0) is 9.05 Å². The predicted molar refractivity (Wildman–Crippen MR) is 56.9 cm³/mol. The maximum Gasteiger partial charge on any atom is 0.263 e. The smallest absolute Gasteiger partial charge is 0.207 e. The SMILES string of the molecule is N#Cc1ccc(Cl)c(Br)c1S(=O)(=O)Cl. The number of halogens is 3. The van der Waals surface area contributed by atoms with Gasteiger partial charge in [0, 0.05) is 10.7 Å². The molecule has 0 N–H and O–H groups in total. The highest BCUT2D eigenvalue weighted by Gasteiger charge is 2.21. The van der Waals surface area contributed by atoms with Crippen molar-refractivity contribution >= 4 is 47.3 Å². The third kappa shape index (κ3) is 2.20. The summed E-state index contributed by atoms with van der Waals surface area (Å²) in [5, 5.41) is 8.84. The Bertz CT molecular complexity index is 521. The van der Waals surface area contributed by atoms with Gasteiger partial charge in [-0.15, -0.1) is 0 Å². The van der Waals surface area contributed by atoms with Gasteiger partial charge in [0.25, 0.3) is 9.05 Å². The van der Waals surface area contributed by atoms with Crippen molar-refractivity contribution in [3.63, 3.8) is 0 Å². The first-order valence-corrected chi connectivity index (χ1v) is 6.68. The molecule has 0 fully saturated rings. The van der Waals surface area contributed by atoms with Crippen molar-refractivity contribution in [3.05, 3.63) is 27.2 Å². The molecule has 7 heteroatoms. The Morgan fingerprint density at radius 1 is 1.43 bits per heavy atom. The van der Waals surface area contributed by atoms with Gasteiger partial charge in [-0.05, 0) is 28.1 Å². The van der Waals surface area contributed by atoms with Crippen LogP contribution in [0.5, 0.6) is 0 Å². The standard InChI is InChI=1S/C7H2BrCl2NO2S/c8-6-5(9)2-1-4(3-11)7(6)14(10,12)13/h1-2H. The summed E-state index contributed by atoms with van der Waals surface area (Å²) in [4.78, 5) is -0.297. The van der Waals surface area contributed by atoms with Crippen LogP contribution in [0.15, 0.2) is 21.5 Å². The van der Waals surface area contributed by atoms with E-state index in [1.54, 1.807) is 6.07 Å². The maximum atomic E-state index is 11.1. The van der Waals surface area contributed by atoms with Crippen molar-refractivity contribution in [1.29, 1.82) is 5.26 Å². The third-order valence-electron chi connectivity index (χ3n) is 1.41. The summed E-state index contributed by atoms with van der Waals surface area (Å²) in [5.41, 5.74) is -0.0451. The van der Waals surface area contributed by atoms with Gasteiger partial charge < -0.3 is 0 Å². The van der Waals surface area contributed by atoms with Gasteiger partial charge in [0.1, 0.15) is 11.0 Å². The lowest BCUT2D eigenvalue weighted by molar-refractivity contribution is 0.609. The predicted octanol–water partition coefficient (Wildman–Crippen LogP) is 2.90. The second-order valence-corrected chi connectivity index (χ2v) is 5.99. The van der Waals surface area contributed by atoms with Crippen LogP contribution in [0.2, 0.25) is 5.02 Å². The number of rotatable bonds is 1. The minimum absolute atomic E-state index is 0.0451. The van der Waals surface area contributed by atoms with Gasteiger partial charge in [-0.2, -0.15) is 5.26 Å². The maximum absolute atomic E-state index is 11.1. The van der Waals surface area contributed by atoms with Crippen LogP contribution < -0.4 is 0 Å². The molecule has 3 nitrogen and oxygen atoms in total. The number of benzene rings is 1. The highest BCUT2D eigenvalue weighted by molar-refractivity contribution is 9.10. The van der Waals surface area contributed by atoms with E-state index in [9.17, 15) is 8.42 Å². The van der Waals surface area contributed by atoms with Gasteiger partial charge in [0.05, 0.1) is 15.1 Å². The Morgan fingerprint density at radius 3 is 2.43 bits per heavy atom. The van der Waals surface area contributed by atoms with Crippen molar-refractivity contribution in [2.24, 2.45) is 0 Å². The minimum Gasteiger partial charge on any atom is -0.207 e. The van der Waals surface area contributed by atoms with E-state index in [0.717, 1.165) is 0 Å². The average Bonchev–Trinajstić information content (AvgIpc) is 2.07. The summed E-state index contributed by atoms with van der Waals surface area (Å²) in [6, 6.07) is 4.42. The lowest BCUT2D eigenvalue weighted by Crippen LogP contribution is -1.97. The van der Waals surface area contributed by atoms with Crippen molar-refractivity contribution in [2.75, 3.05) is 0 Å². The quantitative estimate of drug-likeness (QED) is 0.749. The molecular weight excluding hydrogens is 313 g/mol. The fourth-order valence-corrected chi connectivity index (χ4v) is 3.52. The molecule has 0 heterocycles. The van der Waals surface area contributed by atoms with Crippen molar-refractivity contribution in [2.45, 2.75) is 4.90 Å². The van der Waals surface area contributed by atoms with Crippen LogP contribution in [0.4, 0.5) is 0 Å². The van der Waals surface area contributed by atoms with Crippen LogP contribution in [0.3, 0.4) is 0 Å². The van der Waals surface area contributed by atoms with E-state index in [0.29, 0.717) is 0 Å². The molecule has 0 aliphatic heterocycles. The van der Waals surface area contributed by atoms with Crippen molar-refractivity contribution < 1.29 is 8.42 Å². The Labute approximate surface area is 98.8 Å². The number of nitrogens with zero attached hydrogens (tertiary/aromatic N) is 1. The molecule has 0 aliphatic carbocycles. The van der Waals surface area contributed by atoms with Gasteiger partial charge in [-0.3, -0.25) is 0 Å². The van der Waals surface area contributed by atoms with E-state index < -0.39 is 9.05 Å². The van der Waals surface area contributed by atoms with E-state index in [-0.39, 0.29) is 20.0 Å². The van der Waals surface area contributed by atoms with Crippen LogP contribution >= 0.6 is 38.2 Å². The summed E-state index contributed by atoms with van der Waals surface area (Å²) in [6.45, 7) is 0. The lowest BCUT2D eigenvalue weighted by atomic mass is 10.2. The molecule has 0 bridgehead atoms. The molecule has 0 saturated carbocycles. The molecule has 1 aromatic rings. The fraction of sp³-hybridized carbons (Fsp3) is 0. The molecule has 74 valence electrons. The lowest BCUT2D eigenvalue weighted by Gasteiger charge is -2.03. The summed E-state index contributed by atoms with van der Waals surface area (Å²) < 4.78 is 22.3. The molecule has 0 aromatic heterocycles. The zero-order chi connectivity index (χ0) is 10.9. The molecule has 0 spiro atoms. The van der Waals surface area contributed by atoms with Gasteiger partial charge in [0.15, 0.2) is 0 Å². The molecule has 1 rings (SSSR count). The van der Waals surface area contributed by atoms with Crippen LogP contribution in [0.25, 0.3) is 0 Å². The highest BCUT2D eigenvalue weighted by atomic mass is 79.9. The third-order valence-corrected chi connectivity index (χ3v) is 4.42. The molecule has 14 heavy (non-hydrogen) atoms. The van der Waals surface area contributed by atoms with Gasteiger partial charge >= 0.3 is 0 Å². The fourth-order valence-electron chi connectivity index (χ4n) is 0.858. The second kappa shape index (κ2) is 4.07. The monoisotopic (exact) mass is 313 g/mol. The molecule has 0 radical (unpaired) electrons. The molecule has 0 atom stereocenters. The average molecular weight is 315 g/mol. The molecule has 0 amide bonds. The van der Waals surface area contributed by atoms with E-state index in [4.69, 9.17) is 27.5 Å². The minimum atomic E-state index is -3.98. The zero-order valence-electron chi connectivity index (χ0n) is 6.46. The van der Waals surface area contributed by atoms with E-state index in [2.05, 4.69) is 15.9 Å². The Morgan fingerprint density at radius 2 is 2.00 bits per heavy atom. The normalized spacial score (nSPS) is 11.0. The topological polar surface area (TPSA) is 57.9 Å². The van der Waals surface area contributed by atoms with E-state index >= 15 is 0 Å². The molecular formula is C7H2BrCl2NO2S. The van der Waals surface area contributed by atoms with Crippen LogP contribution in [0, 0.1) is 11.3 Å². The molecule has 1 aromatic carbocycles. The van der Waals surface area contributed by atoms with E-state index in [1.165, 1.54) is 12.1 Å². The molecule has 0 unspecified atom stereocenters. The van der Waals surface area contributed by atoms with E-state index in [1.807, 2.05) is 0 Å². The Hall–Kier alpha value is -0.280. The highest BCUT2D eigenvalue weighted by Crippen LogP contribution is 2.34. The molecule has 0 aliphatic rings. The first-order valence-electron chi connectivity index (χ1n) is 3.20. The van der Waals surface area contributed by atoms with Crippen molar-refractivity contribution in [1.82, 2.24) is 0 Å². The summed E-state index contributed by atoms with van der Waals surface area (Å²) in [7, 11) is 1.17. The summed E-state index contributed by atoms with van der Waals surface area (Å²) in [5.74, 6) is 0. The largest absolute Gasteiger partial charge is 0.263 e. The van der Waals surface area contributed by atoms with Gasteiger partial charge in [-0.1, -0.05) is 11.6 Å². The first-order chi connectivity index (χ1) is 6.38. The van der Waals surface area contributed by atoms with Gasteiger partial charge in [0.2, 0.25) is 0 Å². The Kier molecular flexibility index (Phi) is 3.43. The molecule has 0 saturated heterocycles. The van der Waals surface area contributed by atoms with Crippen LogP contribution in [0.1, 0.15) is 5.56 Å². The second-order valence-electron chi connectivity index (χ2n) is 2.29. The van der Waals surface area contributed by atoms with Crippen molar-refractivity contribution in [3.8, 4) is 6.07 Å². The van der Waals surface area contributed by atoms with Gasteiger partial charge in [-0.25, -0.2) is 8.42 Å². The summed E-state index contributed by atoms with van der Waals surface area (Å²) in [6.07, 6.45) is 0. The number of nitriles is 1. The number of hydrogen-bond acceptors (Lipinski definition) is 3. The number of hydrogen-bond donors (Lipinski definition) is 0. The summed E-state index contributed by atoms with van der Waals surface area (Å²) >= 11 is 8.63. The first kappa shape index (κ1) is 11.8. The Balaban J connectivity index is 3.72.